The molecule has 1 aromatic rings. The van der Waals surface area contributed by atoms with Crippen LogP contribution >= 0.6 is 15.9 Å². The number of nitrogens with one attached hydrogen (secondary N) is 1. The van der Waals surface area contributed by atoms with Gasteiger partial charge in [0.05, 0.1) is 9.40 Å². The van der Waals surface area contributed by atoms with Crippen molar-refractivity contribution >= 4 is 33.2 Å². The molecule has 0 aliphatic rings. The Bertz CT molecular complexity index is 534. The lowest BCUT2D eigenvalue weighted by molar-refractivity contribution is -0.384. The Balaban J connectivity index is 3.16. The number of amides is 1. The van der Waals surface area contributed by atoms with Gasteiger partial charge in [-0.15, -0.1) is 0 Å². The highest BCUT2D eigenvalue weighted by Gasteiger charge is 2.25. The average molecular weight is 334 g/mol. The van der Waals surface area contributed by atoms with Crippen LogP contribution in [0.2, 0.25) is 0 Å². The minimum Gasteiger partial charge on any atom is -0.374 e. The molecule has 0 unspecified atom stereocenters. The smallest absolute Gasteiger partial charge is 0.293 e. The van der Waals surface area contributed by atoms with Gasteiger partial charge in [0.1, 0.15) is 11.5 Å². The van der Waals surface area contributed by atoms with E-state index < -0.39 is 22.2 Å². The summed E-state index contributed by atoms with van der Waals surface area (Å²) in [7, 11) is 0. The zero-order valence-corrected chi connectivity index (χ0v) is 12.0. The van der Waals surface area contributed by atoms with Crippen molar-refractivity contribution in [3.63, 3.8) is 0 Å². The van der Waals surface area contributed by atoms with Crippen LogP contribution in [0.25, 0.3) is 0 Å². The Morgan fingerprint density at radius 3 is 2.63 bits per heavy atom. The highest BCUT2D eigenvalue weighted by Crippen LogP contribution is 2.32. The molecular weight excluding hydrogens is 321 g/mol. The van der Waals surface area contributed by atoms with Crippen LogP contribution in [0, 0.1) is 15.9 Å². The molecule has 1 aromatic carbocycles. The summed E-state index contributed by atoms with van der Waals surface area (Å²) in [5.74, 6) is -1.19. The highest BCUT2D eigenvalue weighted by molar-refractivity contribution is 9.10. The van der Waals surface area contributed by atoms with Gasteiger partial charge in [-0.1, -0.05) is 0 Å². The fourth-order valence-electron chi connectivity index (χ4n) is 1.63. The Kier molecular flexibility index (Phi) is 4.46. The summed E-state index contributed by atoms with van der Waals surface area (Å²) in [5, 5.41) is 13.7. The third-order valence-corrected chi connectivity index (χ3v) is 2.93. The second kappa shape index (κ2) is 5.52. The Labute approximate surface area is 117 Å². The van der Waals surface area contributed by atoms with Gasteiger partial charge in [0, 0.05) is 24.1 Å². The normalized spacial score (nSPS) is 11.2. The van der Waals surface area contributed by atoms with Gasteiger partial charge in [0.25, 0.3) is 5.69 Å². The molecule has 3 N–H and O–H groups in total. The fourth-order valence-corrected chi connectivity index (χ4v) is 1.96. The molecule has 0 aliphatic carbocycles. The number of hydrogen-bond acceptors (Lipinski definition) is 4. The number of carbonyl (C=O) groups is 1. The molecule has 0 aliphatic heterocycles. The van der Waals surface area contributed by atoms with Gasteiger partial charge in [0.15, 0.2) is 0 Å². The van der Waals surface area contributed by atoms with Crippen molar-refractivity contribution in [3.8, 4) is 0 Å². The molecule has 0 bridgehead atoms. The van der Waals surface area contributed by atoms with Crippen molar-refractivity contribution in [1.29, 1.82) is 0 Å². The number of rotatable bonds is 5. The molecule has 0 heterocycles. The van der Waals surface area contributed by atoms with E-state index in [1.807, 2.05) is 0 Å². The van der Waals surface area contributed by atoms with E-state index in [1.165, 1.54) is 0 Å². The third-order valence-electron chi connectivity index (χ3n) is 2.32. The summed E-state index contributed by atoms with van der Waals surface area (Å²) in [6.45, 7) is 3.28. The van der Waals surface area contributed by atoms with Gasteiger partial charge >= 0.3 is 0 Å². The maximum Gasteiger partial charge on any atom is 0.293 e. The topological polar surface area (TPSA) is 98.3 Å². The SMILES string of the molecule is CC(C)(CC(N)=O)Nc1cc(F)c(Br)cc1[N+](=O)[O-]. The van der Waals surface area contributed by atoms with Gasteiger partial charge in [-0.05, 0) is 29.8 Å². The summed E-state index contributed by atoms with van der Waals surface area (Å²) in [4.78, 5) is 21.2. The predicted octanol–water partition coefficient (Wildman–Crippen LogP) is 2.56. The summed E-state index contributed by atoms with van der Waals surface area (Å²) >= 11 is 2.89. The lowest BCUT2D eigenvalue weighted by atomic mass is 9.99. The van der Waals surface area contributed by atoms with Gasteiger partial charge < -0.3 is 11.1 Å². The number of carbonyl (C=O) groups excluding carboxylic acids is 1. The summed E-state index contributed by atoms with van der Waals surface area (Å²) < 4.78 is 13.5. The first-order valence-electron chi connectivity index (χ1n) is 5.32. The molecule has 0 radical (unpaired) electrons. The number of anilines is 1. The minimum absolute atomic E-state index is 0.00235. The maximum absolute atomic E-state index is 13.5. The summed E-state index contributed by atoms with van der Waals surface area (Å²) in [6, 6.07) is 2.07. The largest absolute Gasteiger partial charge is 0.374 e. The van der Waals surface area contributed by atoms with Crippen LogP contribution in [-0.4, -0.2) is 16.4 Å². The first-order valence-corrected chi connectivity index (χ1v) is 6.11. The minimum atomic E-state index is -0.823. The van der Waals surface area contributed by atoms with E-state index in [-0.39, 0.29) is 22.3 Å². The van der Waals surface area contributed by atoms with Crippen molar-refractivity contribution in [2.24, 2.45) is 5.73 Å². The van der Waals surface area contributed by atoms with Crippen LogP contribution in [0.5, 0.6) is 0 Å². The first-order chi connectivity index (χ1) is 8.62. The molecule has 1 amide bonds. The molecule has 19 heavy (non-hydrogen) atoms. The molecule has 6 nitrogen and oxygen atoms in total. The predicted molar refractivity (Wildman–Crippen MR) is 72.3 cm³/mol. The van der Waals surface area contributed by atoms with Crippen molar-refractivity contribution in [1.82, 2.24) is 0 Å². The fraction of sp³-hybridized carbons (Fsp3) is 0.364. The lowest BCUT2D eigenvalue weighted by Crippen LogP contribution is -2.36. The maximum atomic E-state index is 13.5. The average Bonchev–Trinajstić information content (AvgIpc) is 2.19. The van der Waals surface area contributed by atoms with E-state index in [1.54, 1.807) is 13.8 Å². The van der Waals surface area contributed by atoms with Crippen LogP contribution in [0.1, 0.15) is 20.3 Å². The first kappa shape index (κ1) is 15.4. The molecule has 8 heteroatoms. The molecule has 0 aromatic heterocycles. The van der Waals surface area contributed by atoms with E-state index in [9.17, 15) is 19.3 Å². The van der Waals surface area contributed by atoms with Gasteiger partial charge in [-0.2, -0.15) is 0 Å². The molecule has 0 spiro atoms. The van der Waals surface area contributed by atoms with Gasteiger partial charge in [-0.3, -0.25) is 14.9 Å². The Morgan fingerprint density at radius 2 is 2.16 bits per heavy atom. The highest BCUT2D eigenvalue weighted by atomic mass is 79.9. The quantitative estimate of drug-likeness (QED) is 0.639. The molecule has 0 saturated heterocycles. The molecule has 0 atom stereocenters. The van der Waals surface area contributed by atoms with Crippen LogP contribution in [0.4, 0.5) is 15.8 Å². The van der Waals surface area contributed by atoms with Crippen LogP contribution in [0.3, 0.4) is 0 Å². The zero-order valence-electron chi connectivity index (χ0n) is 10.4. The monoisotopic (exact) mass is 333 g/mol. The van der Waals surface area contributed by atoms with Crippen molar-refractivity contribution in [2.45, 2.75) is 25.8 Å². The van der Waals surface area contributed by atoms with E-state index in [0.29, 0.717) is 0 Å². The molecular formula is C11H13BrFN3O3. The number of nitrogens with two attached hydrogens (primary N) is 1. The van der Waals surface area contributed by atoms with Gasteiger partial charge in [0.2, 0.25) is 5.91 Å². The summed E-state index contributed by atoms with van der Waals surface area (Å²) in [6.07, 6.45) is -0.0398. The van der Waals surface area contributed by atoms with Gasteiger partial charge in [-0.25, -0.2) is 4.39 Å². The number of nitrogens with zero attached hydrogens (tertiary/aromatic N) is 1. The number of primary amides is 1. The number of hydrogen-bond donors (Lipinski definition) is 2. The van der Waals surface area contributed by atoms with Crippen LogP contribution in [0.15, 0.2) is 16.6 Å². The number of benzene rings is 1. The van der Waals surface area contributed by atoms with Crippen LogP contribution < -0.4 is 11.1 Å². The van der Waals surface area contributed by atoms with E-state index in [4.69, 9.17) is 5.73 Å². The number of nitro benzene ring substituents is 1. The molecule has 0 fully saturated rings. The van der Waals surface area contributed by atoms with E-state index in [0.717, 1.165) is 12.1 Å². The Hall–Kier alpha value is -1.70. The molecule has 104 valence electrons. The zero-order chi connectivity index (χ0) is 14.8. The van der Waals surface area contributed by atoms with E-state index >= 15 is 0 Å². The number of nitro groups is 1. The Morgan fingerprint density at radius 1 is 1.58 bits per heavy atom. The summed E-state index contributed by atoms with van der Waals surface area (Å²) in [5.41, 5.74) is 3.98. The molecule has 1 rings (SSSR count). The second-order valence-electron chi connectivity index (χ2n) is 4.69. The molecule has 0 saturated carbocycles. The number of halogens is 2. The van der Waals surface area contributed by atoms with E-state index in [2.05, 4.69) is 21.2 Å². The lowest BCUT2D eigenvalue weighted by Gasteiger charge is -2.26. The van der Waals surface area contributed by atoms with Crippen LogP contribution in [-0.2, 0) is 4.79 Å². The standard InChI is InChI=1S/C11H13BrFN3O3/c1-11(2,5-10(14)17)15-8-4-7(13)6(12)3-9(8)16(18)19/h3-4,15H,5H2,1-2H3,(H2,14,17). The third kappa shape index (κ3) is 4.16. The van der Waals surface area contributed by atoms with Crippen molar-refractivity contribution in [3.05, 3.63) is 32.5 Å². The van der Waals surface area contributed by atoms with Crippen molar-refractivity contribution < 1.29 is 14.1 Å². The van der Waals surface area contributed by atoms with Crippen molar-refractivity contribution in [2.75, 3.05) is 5.32 Å². The second-order valence-corrected chi connectivity index (χ2v) is 5.55.